The van der Waals surface area contributed by atoms with Gasteiger partial charge in [0.25, 0.3) is 5.91 Å². The van der Waals surface area contributed by atoms with E-state index in [1.54, 1.807) is 13.2 Å². The summed E-state index contributed by atoms with van der Waals surface area (Å²) in [5, 5.41) is 13.1. The Morgan fingerprint density at radius 3 is 2.85 bits per heavy atom. The Bertz CT molecular complexity index is 695. The molecule has 0 aliphatic carbocycles. The van der Waals surface area contributed by atoms with Crippen LogP contribution in [-0.4, -0.2) is 57.0 Å². The normalized spacial score (nSPS) is 18.9. The van der Waals surface area contributed by atoms with E-state index in [9.17, 15) is 9.59 Å². The van der Waals surface area contributed by atoms with Crippen molar-refractivity contribution >= 4 is 34.6 Å². The molecule has 9 heteroatoms. The largest absolute Gasteiger partial charge is 0.357 e. The molecule has 2 aromatic rings. The molecule has 1 saturated heterocycles. The molecule has 1 unspecified atom stereocenters. The lowest BCUT2D eigenvalue weighted by atomic mass is 10.2. The van der Waals surface area contributed by atoms with Crippen molar-refractivity contribution in [2.24, 2.45) is 0 Å². The van der Waals surface area contributed by atoms with Crippen LogP contribution in [0.5, 0.6) is 0 Å². The van der Waals surface area contributed by atoms with Crippen LogP contribution in [0.2, 0.25) is 0 Å². The number of carbonyl (C=O) groups is 2. The van der Waals surface area contributed by atoms with Crippen LogP contribution >= 0.6 is 0 Å². The number of nitrogens with one attached hydrogen (secondary N) is 3. The van der Waals surface area contributed by atoms with Gasteiger partial charge in [0.15, 0.2) is 5.65 Å². The fourth-order valence-electron chi connectivity index (χ4n) is 2.09. The number of hydrogen-bond donors (Lipinski definition) is 3. The quantitative estimate of drug-likeness (QED) is 0.650. The molecule has 0 aromatic carbocycles. The van der Waals surface area contributed by atoms with E-state index in [4.69, 9.17) is 0 Å². The van der Waals surface area contributed by atoms with Crippen molar-refractivity contribution in [1.29, 1.82) is 0 Å². The number of likely N-dealkylation sites (tertiary alicyclic amines) is 1. The number of aromatic nitrogens is 4. The van der Waals surface area contributed by atoms with Gasteiger partial charge in [-0.25, -0.2) is 0 Å². The van der Waals surface area contributed by atoms with Gasteiger partial charge in [-0.2, -0.15) is 15.1 Å². The molecule has 3 heterocycles. The third-order valence-electron chi connectivity index (χ3n) is 3.23. The SMILES string of the molecule is CNc1nc(NC2CC(=O)N(C)C2=O)c2cn[nH]c2n1. The second-order valence-corrected chi connectivity index (χ2v) is 4.47. The minimum atomic E-state index is -0.606. The monoisotopic (exact) mass is 275 g/mol. The van der Waals surface area contributed by atoms with Gasteiger partial charge in [0, 0.05) is 14.1 Å². The summed E-state index contributed by atoms with van der Waals surface area (Å²) in [5.41, 5.74) is 0.553. The Morgan fingerprint density at radius 1 is 1.40 bits per heavy atom. The van der Waals surface area contributed by atoms with Crippen LogP contribution in [0.3, 0.4) is 0 Å². The molecule has 9 nitrogen and oxygen atoms in total. The summed E-state index contributed by atoms with van der Waals surface area (Å²) in [6, 6.07) is -0.606. The van der Waals surface area contributed by atoms with E-state index < -0.39 is 6.04 Å². The number of amides is 2. The van der Waals surface area contributed by atoms with Crippen molar-refractivity contribution < 1.29 is 9.59 Å². The highest BCUT2D eigenvalue weighted by molar-refractivity contribution is 6.07. The summed E-state index contributed by atoms with van der Waals surface area (Å²) in [5.74, 6) is 0.388. The first kappa shape index (κ1) is 12.3. The molecule has 104 valence electrons. The van der Waals surface area contributed by atoms with E-state index in [2.05, 4.69) is 30.8 Å². The van der Waals surface area contributed by atoms with E-state index in [1.807, 2.05) is 0 Å². The highest BCUT2D eigenvalue weighted by Crippen LogP contribution is 2.23. The minimum Gasteiger partial charge on any atom is -0.357 e. The van der Waals surface area contributed by atoms with Crippen LogP contribution in [0, 0.1) is 0 Å². The number of likely N-dealkylation sites (N-methyl/N-ethyl adjacent to an activating group) is 1. The fraction of sp³-hybridized carbons (Fsp3) is 0.364. The van der Waals surface area contributed by atoms with E-state index in [0.717, 1.165) is 4.90 Å². The van der Waals surface area contributed by atoms with Gasteiger partial charge in [-0.15, -0.1) is 0 Å². The molecule has 1 atom stereocenters. The molecule has 0 bridgehead atoms. The standard InChI is InChI=1S/C11H13N7O2/c1-12-11-15-8(5-4-13-17-9(5)16-11)14-6-3-7(19)18(2)10(6)20/h4,6H,3H2,1-2H3,(H3,12,13,14,15,16,17). The minimum absolute atomic E-state index is 0.119. The average molecular weight is 275 g/mol. The predicted octanol–water partition coefficient (Wildman–Crippen LogP) is -0.436. The van der Waals surface area contributed by atoms with Crippen molar-refractivity contribution in [3.05, 3.63) is 6.20 Å². The lowest BCUT2D eigenvalue weighted by molar-refractivity contribution is -0.136. The summed E-state index contributed by atoms with van der Waals surface area (Å²) in [4.78, 5) is 33.0. The summed E-state index contributed by atoms with van der Waals surface area (Å²) in [6.07, 6.45) is 1.69. The maximum atomic E-state index is 11.9. The second kappa shape index (κ2) is 4.44. The maximum Gasteiger partial charge on any atom is 0.251 e. The summed E-state index contributed by atoms with van der Waals surface area (Å²) >= 11 is 0. The fourth-order valence-corrected chi connectivity index (χ4v) is 2.09. The molecule has 20 heavy (non-hydrogen) atoms. The number of hydrogen-bond acceptors (Lipinski definition) is 7. The predicted molar refractivity (Wildman–Crippen MR) is 71.0 cm³/mol. The van der Waals surface area contributed by atoms with Gasteiger partial charge in [0.05, 0.1) is 18.0 Å². The Morgan fingerprint density at radius 2 is 2.20 bits per heavy atom. The van der Waals surface area contributed by atoms with Crippen molar-refractivity contribution in [3.8, 4) is 0 Å². The van der Waals surface area contributed by atoms with Gasteiger partial charge < -0.3 is 10.6 Å². The molecule has 2 aromatic heterocycles. The Balaban J connectivity index is 1.96. The van der Waals surface area contributed by atoms with Gasteiger partial charge in [0.1, 0.15) is 11.9 Å². The van der Waals surface area contributed by atoms with Crippen LogP contribution in [0.4, 0.5) is 11.8 Å². The molecule has 2 amide bonds. The summed E-state index contributed by atoms with van der Waals surface area (Å²) < 4.78 is 0. The smallest absolute Gasteiger partial charge is 0.251 e. The zero-order chi connectivity index (χ0) is 14.3. The molecular formula is C11H13N7O2. The number of rotatable bonds is 3. The van der Waals surface area contributed by atoms with Gasteiger partial charge in [-0.05, 0) is 0 Å². The first-order valence-electron chi connectivity index (χ1n) is 6.06. The molecule has 0 spiro atoms. The lowest BCUT2D eigenvalue weighted by Crippen LogP contribution is -2.32. The topological polar surface area (TPSA) is 116 Å². The Hall–Kier alpha value is -2.71. The Kier molecular flexibility index (Phi) is 2.74. The van der Waals surface area contributed by atoms with Crippen LogP contribution in [-0.2, 0) is 9.59 Å². The van der Waals surface area contributed by atoms with E-state index >= 15 is 0 Å². The van der Waals surface area contributed by atoms with Crippen molar-refractivity contribution in [1.82, 2.24) is 25.1 Å². The molecule has 1 aliphatic heterocycles. The first-order valence-corrected chi connectivity index (χ1v) is 6.06. The highest BCUT2D eigenvalue weighted by Gasteiger charge is 2.36. The van der Waals surface area contributed by atoms with E-state index in [1.165, 1.54) is 7.05 Å². The summed E-state index contributed by atoms with van der Waals surface area (Å²) in [6.45, 7) is 0. The molecule has 3 N–H and O–H groups in total. The first-order chi connectivity index (χ1) is 9.60. The van der Waals surface area contributed by atoms with Crippen LogP contribution in [0.1, 0.15) is 6.42 Å². The molecule has 1 aliphatic rings. The second-order valence-electron chi connectivity index (χ2n) is 4.47. The molecule has 1 fully saturated rings. The zero-order valence-corrected chi connectivity index (χ0v) is 11.0. The zero-order valence-electron chi connectivity index (χ0n) is 11.0. The number of fused-ring (bicyclic) bond motifs is 1. The number of anilines is 2. The van der Waals surface area contributed by atoms with Gasteiger partial charge in [0.2, 0.25) is 11.9 Å². The molecule has 3 rings (SSSR count). The number of carbonyl (C=O) groups excluding carboxylic acids is 2. The van der Waals surface area contributed by atoms with Crippen molar-refractivity contribution in [2.45, 2.75) is 12.5 Å². The van der Waals surface area contributed by atoms with Crippen molar-refractivity contribution in [3.63, 3.8) is 0 Å². The Labute approximate surface area is 113 Å². The molecule has 0 saturated carbocycles. The van der Waals surface area contributed by atoms with Gasteiger partial charge in [-0.1, -0.05) is 0 Å². The van der Waals surface area contributed by atoms with Gasteiger partial charge >= 0.3 is 0 Å². The number of H-pyrrole nitrogens is 1. The molecular weight excluding hydrogens is 262 g/mol. The summed E-state index contributed by atoms with van der Waals surface area (Å²) in [7, 11) is 3.16. The number of nitrogens with zero attached hydrogens (tertiary/aromatic N) is 4. The van der Waals surface area contributed by atoms with Crippen LogP contribution < -0.4 is 10.6 Å². The van der Waals surface area contributed by atoms with E-state index in [-0.39, 0.29) is 18.2 Å². The lowest BCUT2D eigenvalue weighted by Gasteiger charge is -2.12. The molecule has 0 radical (unpaired) electrons. The third-order valence-corrected chi connectivity index (χ3v) is 3.23. The third kappa shape index (κ3) is 1.83. The highest BCUT2D eigenvalue weighted by atomic mass is 16.2. The van der Waals surface area contributed by atoms with Gasteiger partial charge in [-0.3, -0.25) is 19.6 Å². The van der Waals surface area contributed by atoms with E-state index in [0.29, 0.717) is 22.8 Å². The number of aromatic amines is 1. The van der Waals surface area contributed by atoms with Crippen LogP contribution in [0.25, 0.3) is 11.0 Å². The maximum absolute atomic E-state index is 11.9. The van der Waals surface area contributed by atoms with Crippen molar-refractivity contribution in [2.75, 3.05) is 24.7 Å². The average Bonchev–Trinajstić information content (AvgIpc) is 3.00. The number of imide groups is 1. The van der Waals surface area contributed by atoms with Crippen LogP contribution in [0.15, 0.2) is 6.20 Å².